The second kappa shape index (κ2) is 7.88. The van der Waals surface area contributed by atoms with Crippen LogP contribution >= 0.6 is 35.4 Å². The van der Waals surface area contributed by atoms with Crippen LogP contribution in [0.5, 0.6) is 0 Å². The predicted molar refractivity (Wildman–Crippen MR) is 99.8 cm³/mol. The van der Waals surface area contributed by atoms with Gasteiger partial charge in [-0.25, -0.2) is 0 Å². The SMILES string of the molecule is S=C(NC[C@@H]1CCCO1)N1CCN(c2ccc(Cl)c(Cl)c2)CC1. The zero-order chi connectivity index (χ0) is 16.2. The van der Waals surface area contributed by atoms with Crippen LogP contribution in [0.4, 0.5) is 5.69 Å². The van der Waals surface area contributed by atoms with Crippen LogP contribution in [-0.2, 0) is 4.74 Å². The van der Waals surface area contributed by atoms with E-state index in [2.05, 4.69) is 15.1 Å². The van der Waals surface area contributed by atoms with Crippen molar-refractivity contribution >= 4 is 46.2 Å². The minimum Gasteiger partial charge on any atom is -0.376 e. The molecule has 7 heteroatoms. The van der Waals surface area contributed by atoms with Crippen molar-refractivity contribution in [2.75, 3.05) is 44.2 Å². The Morgan fingerprint density at radius 1 is 1.22 bits per heavy atom. The Kier molecular flexibility index (Phi) is 5.85. The molecule has 0 unspecified atom stereocenters. The van der Waals surface area contributed by atoms with Crippen LogP contribution in [0.15, 0.2) is 18.2 Å². The van der Waals surface area contributed by atoms with Crippen LogP contribution in [0.1, 0.15) is 12.8 Å². The summed E-state index contributed by atoms with van der Waals surface area (Å²) in [5.74, 6) is 0. The lowest BCUT2D eigenvalue weighted by molar-refractivity contribution is 0.113. The average Bonchev–Trinajstić information content (AvgIpc) is 3.09. The van der Waals surface area contributed by atoms with E-state index in [1.165, 1.54) is 0 Å². The van der Waals surface area contributed by atoms with Gasteiger partial charge in [-0.2, -0.15) is 0 Å². The summed E-state index contributed by atoms with van der Waals surface area (Å²) in [6, 6.07) is 5.78. The van der Waals surface area contributed by atoms with Crippen molar-refractivity contribution in [1.29, 1.82) is 0 Å². The highest BCUT2D eigenvalue weighted by Gasteiger charge is 2.21. The Labute approximate surface area is 152 Å². The van der Waals surface area contributed by atoms with Gasteiger partial charge >= 0.3 is 0 Å². The van der Waals surface area contributed by atoms with E-state index >= 15 is 0 Å². The topological polar surface area (TPSA) is 27.7 Å². The van der Waals surface area contributed by atoms with E-state index in [0.29, 0.717) is 16.1 Å². The number of benzene rings is 1. The second-order valence-corrected chi connectivity index (χ2v) is 7.09. The van der Waals surface area contributed by atoms with Gasteiger partial charge < -0.3 is 19.9 Å². The molecule has 2 saturated heterocycles. The van der Waals surface area contributed by atoms with E-state index in [1.54, 1.807) is 0 Å². The molecular formula is C16H21Cl2N3OS. The number of hydrogen-bond donors (Lipinski definition) is 1. The number of hydrogen-bond acceptors (Lipinski definition) is 3. The zero-order valence-corrected chi connectivity index (χ0v) is 15.3. The molecule has 23 heavy (non-hydrogen) atoms. The first-order valence-electron chi connectivity index (χ1n) is 7.98. The first kappa shape index (κ1) is 17.1. The molecule has 2 heterocycles. The quantitative estimate of drug-likeness (QED) is 0.821. The molecule has 0 bridgehead atoms. The lowest BCUT2D eigenvalue weighted by Gasteiger charge is -2.37. The molecule has 0 radical (unpaired) electrons. The number of ether oxygens (including phenoxy) is 1. The van der Waals surface area contributed by atoms with Gasteiger partial charge in [0.15, 0.2) is 5.11 Å². The van der Waals surface area contributed by atoms with Crippen molar-refractivity contribution in [2.24, 2.45) is 0 Å². The maximum atomic E-state index is 6.10. The minimum absolute atomic E-state index is 0.311. The molecular weight excluding hydrogens is 353 g/mol. The lowest BCUT2D eigenvalue weighted by Crippen LogP contribution is -2.52. The third kappa shape index (κ3) is 4.41. The smallest absolute Gasteiger partial charge is 0.169 e. The third-order valence-electron chi connectivity index (χ3n) is 4.34. The summed E-state index contributed by atoms with van der Waals surface area (Å²) in [5.41, 5.74) is 1.11. The first-order valence-corrected chi connectivity index (χ1v) is 9.14. The number of nitrogens with zero attached hydrogens (tertiary/aromatic N) is 2. The number of halogens is 2. The van der Waals surface area contributed by atoms with E-state index < -0.39 is 0 Å². The Hall–Kier alpha value is -0.750. The molecule has 1 aromatic carbocycles. The summed E-state index contributed by atoms with van der Waals surface area (Å²) in [7, 11) is 0. The molecule has 2 aliphatic rings. The van der Waals surface area contributed by atoms with Gasteiger partial charge in [0.05, 0.1) is 16.1 Å². The van der Waals surface area contributed by atoms with Crippen molar-refractivity contribution in [2.45, 2.75) is 18.9 Å². The van der Waals surface area contributed by atoms with Gasteiger partial charge in [0.1, 0.15) is 0 Å². The fourth-order valence-corrected chi connectivity index (χ4v) is 3.53. The minimum atomic E-state index is 0.311. The molecule has 3 rings (SSSR count). The zero-order valence-electron chi connectivity index (χ0n) is 12.9. The number of piperazine rings is 1. The maximum absolute atomic E-state index is 6.10. The molecule has 2 fully saturated rings. The van der Waals surface area contributed by atoms with Crippen molar-refractivity contribution in [1.82, 2.24) is 10.2 Å². The average molecular weight is 374 g/mol. The molecule has 4 nitrogen and oxygen atoms in total. The lowest BCUT2D eigenvalue weighted by atomic mass is 10.2. The molecule has 0 aliphatic carbocycles. The highest BCUT2D eigenvalue weighted by atomic mass is 35.5. The maximum Gasteiger partial charge on any atom is 0.169 e. The van der Waals surface area contributed by atoms with Crippen molar-refractivity contribution in [3.05, 3.63) is 28.2 Å². The number of thiocarbonyl (C=S) groups is 1. The largest absolute Gasteiger partial charge is 0.376 e. The molecule has 0 spiro atoms. The van der Waals surface area contributed by atoms with Gasteiger partial charge in [-0.1, -0.05) is 23.2 Å². The summed E-state index contributed by atoms with van der Waals surface area (Å²) < 4.78 is 5.61. The molecule has 1 atom stereocenters. The number of anilines is 1. The summed E-state index contributed by atoms with van der Waals surface area (Å²) in [5, 5.41) is 5.36. The number of rotatable bonds is 3. The summed E-state index contributed by atoms with van der Waals surface area (Å²) in [4.78, 5) is 4.53. The Bertz CT molecular complexity index is 558. The molecule has 126 valence electrons. The summed E-state index contributed by atoms with van der Waals surface area (Å²) in [6.07, 6.45) is 2.59. The van der Waals surface area contributed by atoms with Crippen LogP contribution < -0.4 is 10.2 Å². The van der Waals surface area contributed by atoms with E-state index in [4.69, 9.17) is 40.2 Å². The van der Waals surface area contributed by atoms with E-state index in [9.17, 15) is 0 Å². The first-order chi connectivity index (χ1) is 11.1. The fourth-order valence-electron chi connectivity index (χ4n) is 2.97. The van der Waals surface area contributed by atoms with Crippen LogP contribution in [0, 0.1) is 0 Å². The highest BCUT2D eigenvalue weighted by Crippen LogP contribution is 2.27. The van der Waals surface area contributed by atoms with Gasteiger partial charge in [-0.3, -0.25) is 0 Å². The van der Waals surface area contributed by atoms with Crippen LogP contribution in [0.25, 0.3) is 0 Å². The Morgan fingerprint density at radius 3 is 2.65 bits per heavy atom. The van der Waals surface area contributed by atoms with E-state index in [0.717, 1.165) is 63.0 Å². The van der Waals surface area contributed by atoms with Gasteiger partial charge in [0.2, 0.25) is 0 Å². The van der Waals surface area contributed by atoms with Crippen molar-refractivity contribution < 1.29 is 4.74 Å². The fraction of sp³-hybridized carbons (Fsp3) is 0.562. The summed E-state index contributed by atoms with van der Waals surface area (Å²) >= 11 is 17.6. The van der Waals surface area contributed by atoms with E-state index in [1.807, 2.05) is 18.2 Å². The second-order valence-electron chi connectivity index (χ2n) is 5.89. The van der Waals surface area contributed by atoms with Crippen LogP contribution in [0.2, 0.25) is 10.0 Å². The predicted octanol–water partition coefficient (Wildman–Crippen LogP) is 3.17. The normalized spacial score (nSPS) is 21.6. The number of nitrogens with one attached hydrogen (secondary N) is 1. The van der Waals surface area contributed by atoms with Gasteiger partial charge in [0.25, 0.3) is 0 Å². The van der Waals surface area contributed by atoms with Gasteiger partial charge in [-0.05, 0) is 43.3 Å². The highest BCUT2D eigenvalue weighted by molar-refractivity contribution is 7.80. The van der Waals surface area contributed by atoms with Crippen molar-refractivity contribution in [3.8, 4) is 0 Å². The molecule has 1 N–H and O–H groups in total. The van der Waals surface area contributed by atoms with Gasteiger partial charge in [0, 0.05) is 45.0 Å². The molecule has 1 aromatic rings. The summed E-state index contributed by atoms with van der Waals surface area (Å²) in [6.45, 7) is 5.32. The third-order valence-corrected chi connectivity index (χ3v) is 5.48. The monoisotopic (exact) mass is 373 g/mol. The van der Waals surface area contributed by atoms with E-state index in [-0.39, 0.29) is 0 Å². The van der Waals surface area contributed by atoms with Crippen molar-refractivity contribution in [3.63, 3.8) is 0 Å². The molecule has 0 amide bonds. The molecule has 0 aromatic heterocycles. The van der Waals surface area contributed by atoms with Crippen LogP contribution in [-0.4, -0.2) is 55.4 Å². The Balaban J connectivity index is 1.47. The van der Waals surface area contributed by atoms with Crippen LogP contribution in [0.3, 0.4) is 0 Å². The molecule has 0 saturated carbocycles. The standard InChI is InChI=1S/C16H21Cl2N3OS/c17-14-4-3-12(10-15(14)18)20-5-7-21(8-6-20)16(23)19-11-13-2-1-9-22-13/h3-4,10,13H,1-2,5-9,11H2,(H,19,23)/t13-/m0/s1. The van der Waals surface area contributed by atoms with Gasteiger partial charge in [-0.15, -0.1) is 0 Å². The molecule has 2 aliphatic heterocycles. The Morgan fingerprint density at radius 2 is 2.00 bits per heavy atom.